The average molecular weight is 299 g/mol. The van der Waals surface area contributed by atoms with Gasteiger partial charge < -0.3 is 9.47 Å². The van der Waals surface area contributed by atoms with Crippen molar-refractivity contribution in [2.75, 3.05) is 7.11 Å². The van der Waals surface area contributed by atoms with Gasteiger partial charge in [-0.05, 0) is 59.8 Å². The number of halogens is 1. The molecule has 0 amide bonds. The quantitative estimate of drug-likeness (QED) is 0.837. The van der Waals surface area contributed by atoms with Crippen LogP contribution in [0.4, 0.5) is 0 Å². The van der Waals surface area contributed by atoms with Crippen molar-refractivity contribution < 1.29 is 9.47 Å². The van der Waals surface area contributed by atoms with Crippen molar-refractivity contribution >= 4 is 15.9 Å². The van der Waals surface area contributed by atoms with E-state index in [0.29, 0.717) is 6.10 Å². The second kappa shape index (κ2) is 5.87. The van der Waals surface area contributed by atoms with Gasteiger partial charge in [0.1, 0.15) is 11.9 Å². The maximum Gasteiger partial charge on any atom is 0.133 e. The minimum Gasteiger partial charge on any atom is -0.489 e. The number of ether oxygens (including phenoxy) is 2. The van der Waals surface area contributed by atoms with Crippen LogP contribution in [-0.4, -0.2) is 19.3 Å². The highest BCUT2D eigenvalue weighted by atomic mass is 79.9. The van der Waals surface area contributed by atoms with Crippen LogP contribution in [0.3, 0.4) is 0 Å². The van der Waals surface area contributed by atoms with Crippen LogP contribution in [0, 0.1) is 6.92 Å². The fourth-order valence-electron chi connectivity index (χ4n) is 2.30. The van der Waals surface area contributed by atoms with Crippen LogP contribution in [0.5, 0.6) is 5.75 Å². The third kappa shape index (κ3) is 3.46. The highest BCUT2D eigenvalue weighted by Gasteiger charge is 2.23. The fraction of sp³-hybridized carbons (Fsp3) is 0.571. The van der Waals surface area contributed by atoms with Gasteiger partial charge in [-0.2, -0.15) is 0 Å². The highest BCUT2D eigenvalue weighted by molar-refractivity contribution is 9.10. The molecular formula is C14H19BrO2. The Morgan fingerprint density at radius 2 is 2.00 bits per heavy atom. The largest absolute Gasteiger partial charge is 0.489 e. The van der Waals surface area contributed by atoms with E-state index in [1.807, 2.05) is 6.07 Å². The maximum atomic E-state index is 6.05. The van der Waals surface area contributed by atoms with Crippen LogP contribution >= 0.6 is 15.9 Å². The molecule has 0 aromatic heterocycles. The minimum absolute atomic E-state index is 0.285. The number of hydrogen-bond donors (Lipinski definition) is 0. The van der Waals surface area contributed by atoms with Crippen LogP contribution in [-0.2, 0) is 4.74 Å². The van der Waals surface area contributed by atoms with Crippen molar-refractivity contribution in [3.8, 4) is 5.75 Å². The SMILES string of the molecule is COC1CCCC(Oc2ccc(C)cc2Br)C1. The first kappa shape index (κ1) is 12.9. The zero-order valence-corrected chi connectivity index (χ0v) is 12.0. The van der Waals surface area contributed by atoms with E-state index in [0.717, 1.165) is 29.5 Å². The lowest BCUT2D eigenvalue weighted by Crippen LogP contribution is -2.29. The molecule has 94 valence electrons. The van der Waals surface area contributed by atoms with E-state index in [2.05, 4.69) is 35.0 Å². The van der Waals surface area contributed by atoms with E-state index in [9.17, 15) is 0 Å². The zero-order chi connectivity index (χ0) is 12.3. The molecule has 1 aromatic carbocycles. The molecule has 17 heavy (non-hydrogen) atoms. The van der Waals surface area contributed by atoms with Gasteiger partial charge in [0.15, 0.2) is 0 Å². The Morgan fingerprint density at radius 1 is 1.24 bits per heavy atom. The summed E-state index contributed by atoms with van der Waals surface area (Å²) in [6.45, 7) is 2.08. The monoisotopic (exact) mass is 298 g/mol. The number of rotatable bonds is 3. The molecule has 1 aliphatic carbocycles. The number of benzene rings is 1. The van der Waals surface area contributed by atoms with Gasteiger partial charge >= 0.3 is 0 Å². The minimum atomic E-state index is 0.285. The van der Waals surface area contributed by atoms with Gasteiger partial charge in [-0.1, -0.05) is 6.07 Å². The summed E-state index contributed by atoms with van der Waals surface area (Å²) in [6.07, 6.45) is 5.11. The Kier molecular flexibility index (Phi) is 4.46. The summed E-state index contributed by atoms with van der Waals surface area (Å²) in [4.78, 5) is 0. The first-order valence-electron chi connectivity index (χ1n) is 6.14. The number of methoxy groups -OCH3 is 1. The van der Waals surface area contributed by atoms with E-state index >= 15 is 0 Å². The van der Waals surface area contributed by atoms with Gasteiger partial charge in [0.05, 0.1) is 10.6 Å². The lowest BCUT2D eigenvalue weighted by atomic mass is 9.95. The molecular weight excluding hydrogens is 280 g/mol. The van der Waals surface area contributed by atoms with Gasteiger partial charge in [-0.3, -0.25) is 0 Å². The molecule has 2 atom stereocenters. The first-order chi connectivity index (χ1) is 8.19. The number of aryl methyl sites for hydroxylation is 1. The second-order valence-corrected chi connectivity index (χ2v) is 5.55. The fourth-order valence-corrected chi connectivity index (χ4v) is 2.89. The molecule has 2 unspecified atom stereocenters. The van der Waals surface area contributed by atoms with Crippen molar-refractivity contribution in [1.82, 2.24) is 0 Å². The molecule has 0 aliphatic heterocycles. The smallest absolute Gasteiger partial charge is 0.133 e. The normalized spacial score (nSPS) is 24.6. The second-order valence-electron chi connectivity index (χ2n) is 4.70. The van der Waals surface area contributed by atoms with Gasteiger partial charge in [0, 0.05) is 13.5 Å². The molecule has 1 aliphatic rings. The predicted octanol–water partition coefficient (Wildman–Crippen LogP) is 4.09. The van der Waals surface area contributed by atoms with Crippen LogP contribution in [0.2, 0.25) is 0 Å². The Morgan fingerprint density at radius 3 is 2.71 bits per heavy atom. The Balaban J connectivity index is 2.00. The van der Waals surface area contributed by atoms with Crippen LogP contribution in [0.15, 0.2) is 22.7 Å². The van der Waals surface area contributed by atoms with Gasteiger partial charge in [0.2, 0.25) is 0 Å². The third-order valence-corrected chi connectivity index (χ3v) is 3.91. The van der Waals surface area contributed by atoms with Gasteiger partial charge in [-0.25, -0.2) is 0 Å². The molecule has 2 nitrogen and oxygen atoms in total. The van der Waals surface area contributed by atoms with Crippen molar-refractivity contribution in [3.63, 3.8) is 0 Å². The van der Waals surface area contributed by atoms with E-state index in [4.69, 9.17) is 9.47 Å². The molecule has 0 saturated heterocycles. The lowest BCUT2D eigenvalue weighted by molar-refractivity contribution is 0.0207. The van der Waals surface area contributed by atoms with E-state index in [1.165, 1.54) is 12.0 Å². The summed E-state index contributed by atoms with van der Waals surface area (Å²) in [5.41, 5.74) is 1.24. The molecule has 3 heteroatoms. The van der Waals surface area contributed by atoms with E-state index in [-0.39, 0.29) is 6.10 Å². The summed E-state index contributed by atoms with van der Waals surface area (Å²) in [5.74, 6) is 0.942. The van der Waals surface area contributed by atoms with Crippen LogP contribution in [0.1, 0.15) is 31.2 Å². The maximum absolute atomic E-state index is 6.05. The molecule has 1 aromatic rings. The molecule has 2 rings (SSSR count). The summed E-state index contributed by atoms with van der Waals surface area (Å²) in [5, 5.41) is 0. The van der Waals surface area contributed by atoms with Crippen LogP contribution in [0.25, 0.3) is 0 Å². The predicted molar refractivity (Wildman–Crippen MR) is 72.6 cm³/mol. The summed E-state index contributed by atoms with van der Waals surface area (Å²) in [7, 11) is 1.79. The van der Waals surface area contributed by atoms with Gasteiger partial charge in [-0.15, -0.1) is 0 Å². The van der Waals surface area contributed by atoms with Crippen molar-refractivity contribution in [1.29, 1.82) is 0 Å². The van der Waals surface area contributed by atoms with Crippen molar-refractivity contribution in [2.24, 2.45) is 0 Å². The van der Waals surface area contributed by atoms with E-state index in [1.54, 1.807) is 7.11 Å². The molecule has 0 N–H and O–H groups in total. The zero-order valence-electron chi connectivity index (χ0n) is 10.4. The Bertz CT molecular complexity index is 378. The average Bonchev–Trinajstić information content (AvgIpc) is 2.33. The van der Waals surface area contributed by atoms with Gasteiger partial charge in [0.25, 0.3) is 0 Å². The van der Waals surface area contributed by atoms with E-state index < -0.39 is 0 Å². The third-order valence-electron chi connectivity index (χ3n) is 3.29. The summed E-state index contributed by atoms with van der Waals surface area (Å²) >= 11 is 3.55. The lowest BCUT2D eigenvalue weighted by Gasteiger charge is -2.29. The molecule has 1 saturated carbocycles. The molecule has 0 spiro atoms. The Hall–Kier alpha value is -0.540. The molecule has 0 radical (unpaired) electrons. The Labute approximate surface area is 111 Å². The van der Waals surface area contributed by atoms with Crippen molar-refractivity contribution in [3.05, 3.63) is 28.2 Å². The number of hydrogen-bond acceptors (Lipinski definition) is 2. The first-order valence-corrected chi connectivity index (χ1v) is 6.94. The topological polar surface area (TPSA) is 18.5 Å². The summed E-state index contributed by atoms with van der Waals surface area (Å²) in [6, 6.07) is 6.21. The highest BCUT2D eigenvalue weighted by Crippen LogP contribution is 2.30. The summed E-state index contributed by atoms with van der Waals surface area (Å²) < 4.78 is 12.5. The van der Waals surface area contributed by atoms with Crippen molar-refractivity contribution in [2.45, 2.75) is 44.8 Å². The molecule has 1 fully saturated rings. The molecule has 0 bridgehead atoms. The standard InChI is InChI=1S/C14H19BrO2/c1-10-6-7-14(13(15)8-10)17-12-5-3-4-11(9-12)16-2/h6-8,11-12H,3-5,9H2,1-2H3. The molecule has 0 heterocycles. The van der Waals surface area contributed by atoms with Crippen LogP contribution < -0.4 is 4.74 Å².